The summed E-state index contributed by atoms with van der Waals surface area (Å²) >= 11 is 0. The molecule has 0 bridgehead atoms. The quantitative estimate of drug-likeness (QED) is 0.413. The van der Waals surface area contributed by atoms with Crippen molar-refractivity contribution in [3.63, 3.8) is 0 Å². The van der Waals surface area contributed by atoms with Crippen LogP contribution in [0.1, 0.15) is 6.92 Å². The molecule has 0 N–H and O–H groups in total. The average Bonchev–Trinajstić information content (AvgIpc) is 2.66. The van der Waals surface area contributed by atoms with Gasteiger partial charge in [0.15, 0.2) is 0 Å². The number of imidazole rings is 1. The van der Waals surface area contributed by atoms with Crippen molar-refractivity contribution in [1.82, 2.24) is 4.57 Å². The number of rotatable bonds is 2. The summed E-state index contributed by atoms with van der Waals surface area (Å²) in [5.41, 5.74) is 0. The molecule has 0 amide bonds. The van der Waals surface area contributed by atoms with Crippen LogP contribution >= 0.6 is 0 Å². The number of aromatic nitrogens is 2. The van der Waals surface area contributed by atoms with Gasteiger partial charge in [-0.05, 0) is 6.92 Å². The zero-order valence-corrected chi connectivity index (χ0v) is 9.20. The summed E-state index contributed by atoms with van der Waals surface area (Å²) in [6.45, 7) is 2.69. The van der Waals surface area contributed by atoms with Crippen molar-refractivity contribution in [2.45, 2.75) is 13.5 Å². The first kappa shape index (κ1) is 13.6. The van der Waals surface area contributed by atoms with Crippen molar-refractivity contribution in [2.75, 3.05) is 0 Å². The number of aliphatic imine (C=N–C) groups is 1. The van der Waals surface area contributed by atoms with E-state index >= 15 is 0 Å². The molecule has 1 unspecified atom stereocenters. The Morgan fingerprint density at radius 3 is 2.56 bits per heavy atom. The van der Waals surface area contributed by atoms with Gasteiger partial charge in [0.25, 0.3) is 0 Å². The first-order chi connectivity index (χ1) is 7.63. The van der Waals surface area contributed by atoms with Crippen molar-refractivity contribution in [2.24, 2.45) is 18.0 Å². The lowest BCUT2D eigenvalue weighted by Crippen LogP contribution is -2.24. The van der Waals surface area contributed by atoms with Crippen molar-refractivity contribution >= 4 is 6.01 Å². The summed E-state index contributed by atoms with van der Waals surface area (Å²) in [6.07, 6.45) is 7.18. The van der Waals surface area contributed by atoms with Crippen molar-refractivity contribution < 1.29 is 4.57 Å². The summed E-state index contributed by atoms with van der Waals surface area (Å²) in [5, 5.41) is 23.4. The molecule has 0 spiro atoms. The molecule has 1 heterocycles. The monoisotopic (exact) mass is 216 g/mol. The molecule has 1 atom stereocenters. The second-order valence-corrected chi connectivity index (χ2v) is 3.12. The predicted molar refractivity (Wildman–Crippen MR) is 56.8 cm³/mol. The van der Waals surface area contributed by atoms with Crippen molar-refractivity contribution in [3.8, 4) is 12.3 Å². The Bertz CT molecular complexity index is 441. The first-order valence-corrected chi connectivity index (χ1v) is 4.52. The number of nitriles is 2. The third-order valence-electron chi connectivity index (χ3n) is 1.63. The Kier molecular flexibility index (Phi) is 6.72. The van der Waals surface area contributed by atoms with Gasteiger partial charge >= 0.3 is 0 Å². The van der Waals surface area contributed by atoms with E-state index in [0.29, 0.717) is 0 Å². The Morgan fingerprint density at radius 1 is 1.56 bits per heavy atom. The van der Waals surface area contributed by atoms with E-state index in [1.165, 1.54) is 12.2 Å². The van der Waals surface area contributed by atoms with Gasteiger partial charge in [-0.2, -0.15) is 10.5 Å². The third-order valence-corrected chi connectivity index (χ3v) is 1.63. The van der Waals surface area contributed by atoms with Crippen LogP contribution in [0.25, 0.3) is 5.41 Å². The number of aryl methyl sites for hydroxylation is 1. The average molecular weight is 216 g/mol. The maximum atomic E-state index is 8.53. The molecule has 6 heteroatoms. The Morgan fingerprint density at radius 2 is 2.25 bits per heavy atom. The van der Waals surface area contributed by atoms with Gasteiger partial charge in [-0.25, -0.2) is 9.13 Å². The van der Waals surface area contributed by atoms with E-state index in [0.717, 1.165) is 6.54 Å². The second kappa shape index (κ2) is 7.93. The fourth-order valence-electron chi connectivity index (χ4n) is 0.989. The van der Waals surface area contributed by atoms with E-state index in [2.05, 4.69) is 11.1 Å². The zero-order chi connectivity index (χ0) is 12.4. The Balaban J connectivity index is 0.000000385. The van der Waals surface area contributed by atoms with E-state index in [1.54, 1.807) is 0 Å². The molecule has 0 saturated heterocycles. The van der Waals surface area contributed by atoms with Crippen LogP contribution < -0.4 is 4.57 Å². The van der Waals surface area contributed by atoms with E-state index in [9.17, 15) is 0 Å². The molecule has 0 radical (unpaired) electrons. The van der Waals surface area contributed by atoms with Crippen LogP contribution in [0.2, 0.25) is 0 Å². The summed E-state index contributed by atoms with van der Waals surface area (Å²) in [7, 11) is 1.97. The number of hydrogen-bond acceptors (Lipinski definition) is 3. The highest BCUT2D eigenvalue weighted by Gasteiger charge is 2.05. The minimum absolute atomic E-state index is 0.0856. The van der Waals surface area contributed by atoms with Crippen LogP contribution in [0.5, 0.6) is 0 Å². The van der Waals surface area contributed by atoms with E-state index in [4.69, 9.17) is 15.9 Å². The SMILES string of the molecule is CC(C#N)Cn1cc[n+](C)c1.N#CN=C=[N-]. The van der Waals surface area contributed by atoms with Crippen LogP contribution in [0.15, 0.2) is 23.7 Å². The van der Waals surface area contributed by atoms with E-state index in [-0.39, 0.29) is 5.92 Å². The molecule has 16 heavy (non-hydrogen) atoms. The molecule has 1 aromatic heterocycles. The van der Waals surface area contributed by atoms with Crippen LogP contribution in [-0.4, -0.2) is 10.6 Å². The van der Waals surface area contributed by atoms with Gasteiger partial charge < -0.3 is 10.4 Å². The van der Waals surface area contributed by atoms with Crippen LogP contribution in [-0.2, 0) is 13.6 Å². The number of hydrogen-bond donors (Lipinski definition) is 0. The van der Waals surface area contributed by atoms with Gasteiger partial charge in [0.05, 0.1) is 25.2 Å². The minimum atomic E-state index is 0.0856. The van der Waals surface area contributed by atoms with E-state index < -0.39 is 0 Å². The highest BCUT2D eigenvalue weighted by molar-refractivity contribution is 5.46. The molecule has 0 aliphatic heterocycles. The largest absolute Gasteiger partial charge is 0.422 e. The lowest BCUT2D eigenvalue weighted by atomic mass is 10.2. The summed E-state index contributed by atoms with van der Waals surface area (Å²) in [5.74, 6) is 0.0856. The molecule has 0 saturated carbocycles. The second-order valence-electron chi connectivity index (χ2n) is 3.12. The predicted octanol–water partition coefficient (Wildman–Crippen LogP) is 0.683. The molecule has 0 aliphatic rings. The van der Waals surface area contributed by atoms with Gasteiger partial charge in [0.1, 0.15) is 18.9 Å². The fraction of sp³-hybridized carbons (Fsp3) is 0.400. The standard InChI is InChI=1S/C8H12N3.C2N3/c1-8(5-9)6-11-4-3-10(2)7-11;3-1-5-2-4/h3-4,7-8H,6H2,1-2H3;/q+1;-1. The van der Waals surface area contributed by atoms with Crippen LogP contribution in [0.3, 0.4) is 0 Å². The normalized spacial score (nSPS) is 9.75. The fourth-order valence-corrected chi connectivity index (χ4v) is 0.989. The molecule has 82 valence electrons. The van der Waals surface area contributed by atoms with Gasteiger partial charge in [-0.15, -0.1) is 6.01 Å². The third kappa shape index (κ3) is 6.09. The van der Waals surface area contributed by atoms with Crippen molar-refractivity contribution in [1.29, 1.82) is 10.5 Å². The molecule has 0 aliphatic carbocycles. The van der Waals surface area contributed by atoms with Gasteiger partial charge in [-0.1, -0.05) is 0 Å². The van der Waals surface area contributed by atoms with Crippen molar-refractivity contribution in [3.05, 3.63) is 24.1 Å². The highest BCUT2D eigenvalue weighted by atomic mass is 15.1. The summed E-state index contributed by atoms with van der Waals surface area (Å²) in [6, 6.07) is 3.47. The maximum Gasteiger partial charge on any atom is 0.243 e. The first-order valence-electron chi connectivity index (χ1n) is 4.52. The van der Waals surface area contributed by atoms with Crippen LogP contribution in [0, 0.1) is 28.7 Å². The lowest BCUT2D eigenvalue weighted by molar-refractivity contribution is -0.671. The van der Waals surface area contributed by atoms with Crippen LogP contribution in [0.4, 0.5) is 0 Å². The minimum Gasteiger partial charge on any atom is -0.422 e. The molecular formula is C10H12N6. The van der Waals surface area contributed by atoms with Gasteiger partial charge in [0, 0.05) is 0 Å². The molecule has 0 fully saturated rings. The van der Waals surface area contributed by atoms with Gasteiger partial charge in [0.2, 0.25) is 6.33 Å². The highest BCUT2D eigenvalue weighted by Crippen LogP contribution is 1.96. The number of nitrogens with zero attached hydrogens (tertiary/aromatic N) is 6. The summed E-state index contributed by atoms with van der Waals surface area (Å²) in [4.78, 5) is 2.58. The summed E-state index contributed by atoms with van der Waals surface area (Å²) < 4.78 is 3.97. The lowest BCUT2D eigenvalue weighted by Gasteiger charge is -1.95. The Hall–Kier alpha value is -2.43. The molecule has 1 aromatic rings. The zero-order valence-electron chi connectivity index (χ0n) is 9.20. The molecule has 6 nitrogen and oxygen atoms in total. The molecular weight excluding hydrogens is 204 g/mol. The maximum absolute atomic E-state index is 8.53. The van der Waals surface area contributed by atoms with Gasteiger partial charge in [-0.3, -0.25) is 0 Å². The van der Waals surface area contributed by atoms with E-state index in [1.807, 2.05) is 41.8 Å². The smallest absolute Gasteiger partial charge is 0.243 e. The topological polar surface area (TPSA) is 91.0 Å². The Labute approximate surface area is 94.2 Å². The molecule has 1 rings (SSSR count). The molecule has 0 aromatic carbocycles.